The van der Waals surface area contributed by atoms with Crippen LogP contribution >= 0.6 is 0 Å². The summed E-state index contributed by atoms with van der Waals surface area (Å²) in [4.78, 5) is 8.51. The largest absolute Gasteiger partial charge is 0.497 e. The second kappa shape index (κ2) is 5.67. The van der Waals surface area contributed by atoms with Crippen LogP contribution in [0.25, 0.3) is 0 Å². The third-order valence-corrected chi connectivity index (χ3v) is 2.89. The topological polar surface area (TPSA) is 70.3 Å². The third kappa shape index (κ3) is 2.82. The smallest absolute Gasteiger partial charge is 0.124 e. The van der Waals surface area contributed by atoms with Crippen molar-refractivity contribution in [1.82, 2.24) is 9.97 Å². The Hall–Kier alpha value is -2.14. The van der Waals surface area contributed by atoms with Crippen LogP contribution < -0.4 is 15.2 Å². The first-order valence-electron chi connectivity index (χ1n) is 5.91. The molecule has 1 unspecified atom stereocenters. The lowest BCUT2D eigenvalue weighted by atomic mass is 10.0. The Morgan fingerprint density at radius 2 is 1.89 bits per heavy atom. The molecule has 100 valence electrons. The van der Waals surface area contributed by atoms with Gasteiger partial charge in [0.25, 0.3) is 0 Å². The van der Waals surface area contributed by atoms with E-state index >= 15 is 0 Å². The number of aromatic nitrogens is 2. The molecule has 19 heavy (non-hydrogen) atoms. The van der Waals surface area contributed by atoms with Crippen molar-refractivity contribution >= 4 is 0 Å². The highest BCUT2D eigenvalue weighted by Gasteiger charge is 2.16. The van der Waals surface area contributed by atoms with Crippen molar-refractivity contribution in [1.29, 1.82) is 0 Å². The molecule has 0 bridgehead atoms. The molecule has 0 radical (unpaired) electrons. The predicted octanol–water partition coefficient (Wildman–Crippen LogP) is 1.85. The van der Waals surface area contributed by atoms with Crippen molar-refractivity contribution in [3.8, 4) is 11.5 Å². The monoisotopic (exact) mass is 259 g/mol. The molecule has 1 atom stereocenters. The van der Waals surface area contributed by atoms with Gasteiger partial charge in [0.15, 0.2) is 0 Å². The van der Waals surface area contributed by atoms with Gasteiger partial charge in [0.2, 0.25) is 0 Å². The van der Waals surface area contributed by atoms with E-state index in [1.54, 1.807) is 26.6 Å². The fourth-order valence-electron chi connectivity index (χ4n) is 1.80. The minimum absolute atomic E-state index is 0.404. The van der Waals surface area contributed by atoms with Crippen LogP contribution in [0.3, 0.4) is 0 Å². The Balaban J connectivity index is 2.41. The Labute approximate surface area is 112 Å². The highest BCUT2D eigenvalue weighted by Crippen LogP contribution is 2.30. The van der Waals surface area contributed by atoms with Gasteiger partial charge in [0.05, 0.1) is 37.8 Å². The van der Waals surface area contributed by atoms with Gasteiger partial charge in [-0.3, -0.25) is 9.97 Å². The second-order valence-electron chi connectivity index (χ2n) is 4.17. The van der Waals surface area contributed by atoms with Gasteiger partial charge < -0.3 is 15.2 Å². The summed E-state index contributed by atoms with van der Waals surface area (Å²) < 4.78 is 10.5. The van der Waals surface area contributed by atoms with Gasteiger partial charge in [-0.05, 0) is 25.1 Å². The number of methoxy groups -OCH3 is 2. The SMILES string of the molecule is COc1ccc(OC)c(C(N)c2cnc(C)cn2)c1. The van der Waals surface area contributed by atoms with E-state index < -0.39 is 6.04 Å². The van der Waals surface area contributed by atoms with Gasteiger partial charge >= 0.3 is 0 Å². The molecule has 0 amide bonds. The van der Waals surface area contributed by atoms with E-state index in [-0.39, 0.29) is 0 Å². The maximum Gasteiger partial charge on any atom is 0.124 e. The van der Waals surface area contributed by atoms with Gasteiger partial charge in [-0.1, -0.05) is 0 Å². The molecule has 0 aliphatic rings. The summed E-state index contributed by atoms with van der Waals surface area (Å²) in [5.41, 5.74) is 8.59. The van der Waals surface area contributed by atoms with Gasteiger partial charge in [-0.15, -0.1) is 0 Å². The Kier molecular flexibility index (Phi) is 3.97. The first-order valence-corrected chi connectivity index (χ1v) is 5.91. The molecule has 5 heteroatoms. The standard InChI is InChI=1S/C14H17N3O2/c1-9-7-17-12(8-16-9)14(15)11-6-10(18-2)4-5-13(11)19-3/h4-8,14H,15H2,1-3H3. The van der Waals surface area contributed by atoms with Crippen molar-refractivity contribution in [3.05, 3.63) is 47.5 Å². The molecular weight excluding hydrogens is 242 g/mol. The number of benzene rings is 1. The van der Waals surface area contributed by atoms with E-state index in [0.29, 0.717) is 11.4 Å². The van der Waals surface area contributed by atoms with Gasteiger partial charge in [-0.25, -0.2) is 0 Å². The minimum atomic E-state index is -0.404. The highest BCUT2D eigenvalue weighted by atomic mass is 16.5. The molecule has 0 saturated carbocycles. The number of hydrogen-bond donors (Lipinski definition) is 1. The number of aryl methyl sites for hydroxylation is 1. The molecule has 2 rings (SSSR count). The van der Waals surface area contributed by atoms with Gasteiger partial charge in [-0.2, -0.15) is 0 Å². The van der Waals surface area contributed by atoms with Crippen LogP contribution in [0.15, 0.2) is 30.6 Å². The second-order valence-corrected chi connectivity index (χ2v) is 4.17. The predicted molar refractivity (Wildman–Crippen MR) is 72.3 cm³/mol. The summed E-state index contributed by atoms with van der Waals surface area (Å²) in [7, 11) is 3.22. The molecule has 2 N–H and O–H groups in total. The lowest BCUT2D eigenvalue weighted by Gasteiger charge is -2.16. The Morgan fingerprint density at radius 1 is 1.11 bits per heavy atom. The number of nitrogens with zero attached hydrogens (tertiary/aromatic N) is 2. The van der Waals surface area contributed by atoms with Crippen molar-refractivity contribution in [2.45, 2.75) is 13.0 Å². The molecule has 0 spiro atoms. The maximum atomic E-state index is 6.23. The third-order valence-electron chi connectivity index (χ3n) is 2.89. The Bertz CT molecular complexity index is 555. The molecule has 1 aromatic carbocycles. The van der Waals surface area contributed by atoms with Crippen molar-refractivity contribution < 1.29 is 9.47 Å². The van der Waals surface area contributed by atoms with E-state index in [1.807, 2.05) is 25.1 Å². The fraction of sp³-hybridized carbons (Fsp3) is 0.286. The molecule has 0 aliphatic heterocycles. The zero-order valence-electron chi connectivity index (χ0n) is 11.3. The first kappa shape index (κ1) is 13.3. The lowest BCUT2D eigenvalue weighted by Crippen LogP contribution is -2.15. The number of rotatable bonds is 4. The quantitative estimate of drug-likeness (QED) is 0.907. The molecular formula is C14H17N3O2. The average molecular weight is 259 g/mol. The normalized spacial score (nSPS) is 12.0. The zero-order chi connectivity index (χ0) is 13.8. The summed E-state index contributed by atoms with van der Waals surface area (Å²) in [5, 5.41) is 0. The van der Waals surface area contributed by atoms with Crippen LogP contribution in [0.5, 0.6) is 11.5 Å². The minimum Gasteiger partial charge on any atom is -0.497 e. The zero-order valence-corrected chi connectivity index (χ0v) is 11.3. The van der Waals surface area contributed by atoms with Crippen LogP contribution in [-0.2, 0) is 0 Å². The van der Waals surface area contributed by atoms with Crippen molar-refractivity contribution in [3.63, 3.8) is 0 Å². The van der Waals surface area contributed by atoms with E-state index in [1.165, 1.54) is 0 Å². The van der Waals surface area contributed by atoms with E-state index in [0.717, 1.165) is 17.0 Å². The molecule has 0 saturated heterocycles. The maximum absolute atomic E-state index is 6.23. The van der Waals surface area contributed by atoms with Crippen LogP contribution in [0, 0.1) is 6.92 Å². The lowest BCUT2D eigenvalue weighted by molar-refractivity contribution is 0.397. The first-order chi connectivity index (χ1) is 9.15. The summed E-state index contributed by atoms with van der Waals surface area (Å²) in [6.45, 7) is 1.88. The average Bonchev–Trinajstić information content (AvgIpc) is 2.46. The Morgan fingerprint density at radius 3 is 2.47 bits per heavy atom. The number of hydrogen-bond acceptors (Lipinski definition) is 5. The van der Waals surface area contributed by atoms with E-state index in [9.17, 15) is 0 Å². The molecule has 5 nitrogen and oxygen atoms in total. The van der Waals surface area contributed by atoms with Crippen LogP contribution in [0.1, 0.15) is 23.0 Å². The van der Waals surface area contributed by atoms with Crippen molar-refractivity contribution in [2.75, 3.05) is 14.2 Å². The van der Waals surface area contributed by atoms with Crippen LogP contribution in [-0.4, -0.2) is 24.2 Å². The fourth-order valence-corrected chi connectivity index (χ4v) is 1.80. The van der Waals surface area contributed by atoms with E-state index in [2.05, 4.69) is 9.97 Å². The van der Waals surface area contributed by atoms with Gasteiger partial charge in [0, 0.05) is 11.8 Å². The summed E-state index contributed by atoms with van der Waals surface area (Å²) in [6, 6.07) is 5.11. The summed E-state index contributed by atoms with van der Waals surface area (Å²) in [6.07, 6.45) is 3.38. The molecule has 2 aromatic rings. The summed E-state index contributed by atoms with van der Waals surface area (Å²) >= 11 is 0. The molecule has 1 aromatic heterocycles. The van der Waals surface area contributed by atoms with E-state index in [4.69, 9.17) is 15.2 Å². The van der Waals surface area contributed by atoms with Gasteiger partial charge in [0.1, 0.15) is 11.5 Å². The molecule has 1 heterocycles. The molecule has 0 aliphatic carbocycles. The number of ether oxygens (including phenoxy) is 2. The summed E-state index contributed by atoms with van der Waals surface area (Å²) in [5.74, 6) is 1.43. The van der Waals surface area contributed by atoms with Crippen molar-refractivity contribution in [2.24, 2.45) is 5.73 Å². The van der Waals surface area contributed by atoms with Crippen LogP contribution in [0.2, 0.25) is 0 Å². The van der Waals surface area contributed by atoms with Crippen LogP contribution in [0.4, 0.5) is 0 Å². The highest BCUT2D eigenvalue weighted by molar-refractivity contribution is 5.44. The molecule has 0 fully saturated rings. The number of nitrogens with two attached hydrogens (primary N) is 1.